The predicted molar refractivity (Wildman–Crippen MR) is 126 cm³/mol. The maximum Gasteiger partial charge on any atom is 0.250 e. The Bertz CT molecular complexity index is 1200. The van der Waals surface area contributed by atoms with Crippen molar-refractivity contribution in [1.29, 1.82) is 5.26 Å². The smallest absolute Gasteiger partial charge is 0.250 e. The first-order chi connectivity index (χ1) is 14.3. The van der Waals surface area contributed by atoms with E-state index in [0.717, 1.165) is 21.6 Å². The highest BCUT2D eigenvalue weighted by Crippen LogP contribution is 2.31. The zero-order valence-corrected chi connectivity index (χ0v) is 18.9. The Hall–Kier alpha value is -2.92. The maximum absolute atomic E-state index is 12.2. The molecule has 0 aliphatic heterocycles. The van der Waals surface area contributed by atoms with Crippen molar-refractivity contribution in [3.05, 3.63) is 68.8 Å². The number of halogens is 1. The summed E-state index contributed by atoms with van der Waals surface area (Å²) in [6.45, 7) is 5.74. The summed E-state index contributed by atoms with van der Waals surface area (Å²) in [4.78, 5) is 13.2. The molecule has 0 radical (unpaired) electrons. The van der Waals surface area contributed by atoms with Crippen LogP contribution in [0.5, 0.6) is 0 Å². The van der Waals surface area contributed by atoms with Crippen LogP contribution in [-0.2, 0) is 4.79 Å². The molecule has 152 valence electrons. The van der Waals surface area contributed by atoms with E-state index in [1.165, 1.54) is 17.4 Å². The first-order valence-electron chi connectivity index (χ1n) is 8.95. The van der Waals surface area contributed by atoms with E-state index in [1.54, 1.807) is 12.1 Å². The number of hydrogen-bond donors (Lipinski definition) is 2. The molecule has 2 N–H and O–H groups in total. The average molecular weight is 456 g/mol. The molecular formula is C22H18ClN3O2S2. The molecule has 0 saturated heterocycles. The molecule has 0 saturated carbocycles. The topological polar surface area (TPSA) is 78.1 Å². The van der Waals surface area contributed by atoms with Crippen LogP contribution in [0.15, 0.2) is 40.8 Å². The lowest BCUT2D eigenvalue weighted by Crippen LogP contribution is -2.32. The summed E-state index contributed by atoms with van der Waals surface area (Å²) >= 11 is 12.8. The second-order valence-electron chi connectivity index (χ2n) is 6.54. The van der Waals surface area contributed by atoms with E-state index in [4.69, 9.17) is 28.2 Å². The summed E-state index contributed by atoms with van der Waals surface area (Å²) in [6, 6.07) is 11.4. The number of carbonyl (C=O) groups is 1. The number of carbonyl (C=O) groups excluding carboxylic acids is 1. The van der Waals surface area contributed by atoms with E-state index >= 15 is 0 Å². The van der Waals surface area contributed by atoms with Gasteiger partial charge >= 0.3 is 0 Å². The van der Waals surface area contributed by atoms with Crippen LogP contribution < -0.4 is 10.6 Å². The first-order valence-corrected chi connectivity index (χ1v) is 10.5. The summed E-state index contributed by atoms with van der Waals surface area (Å²) in [5.41, 5.74) is 3.28. The third-order valence-electron chi connectivity index (χ3n) is 4.44. The molecular weight excluding hydrogens is 438 g/mol. The number of aryl methyl sites for hydroxylation is 2. The number of amides is 1. The van der Waals surface area contributed by atoms with Gasteiger partial charge in [0.2, 0.25) is 5.91 Å². The molecule has 2 aromatic heterocycles. The summed E-state index contributed by atoms with van der Waals surface area (Å²) < 4.78 is 5.75. The van der Waals surface area contributed by atoms with E-state index in [0.29, 0.717) is 27.1 Å². The number of hydrogen-bond acceptors (Lipinski definition) is 5. The van der Waals surface area contributed by atoms with E-state index < -0.39 is 5.91 Å². The minimum Gasteiger partial charge on any atom is -0.457 e. The highest BCUT2D eigenvalue weighted by molar-refractivity contribution is 7.80. The summed E-state index contributed by atoms with van der Waals surface area (Å²) in [6.07, 6.45) is 2.88. The van der Waals surface area contributed by atoms with Gasteiger partial charge in [-0.25, -0.2) is 0 Å². The van der Waals surface area contributed by atoms with Crippen LogP contribution in [0.4, 0.5) is 5.00 Å². The normalized spacial score (nSPS) is 10.8. The quantitative estimate of drug-likeness (QED) is 0.373. The van der Waals surface area contributed by atoms with Crippen LogP contribution in [-0.4, -0.2) is 11.0 Å². The summed E-state index contributed by atoms with van der Waals surface area (Å²) in [5.74, 6) is 0.765. The van der Waals surface area contributed by atoms with Crippen LogP contribution in [0.1, 0.15) is 27.3 Å². The Kier molecular flexibility index (Phi) is 6.73. The molecule has 3 rings (SSSR count). The minimum absolute atomic E-state index is 0.122. The maximum atomic E-state index is 12.2. The predicted octanol–water partition coefficient (Wildman–Crippen LogP) is 5.98. The number of rotatable bonds is 4. The fraction of sp³-hybridized carbons (Fsp3) is 0.136. The van der Waals surface area contributed by atoms with Crippen LogP contribution in [0.3, 0.4) is 0 Å². The van der Waals surface area contributed by atoms with Crippen molar-refractivity contribution < 1.29 is 9.21 Å². The van der Waals surface area contributed by atoms with Crippen molar-refractivity contribution in [2.45, 2.75) is 20.8 Å². The fourth-order valence-electron chi connectivity index (χ4n) is 2.64. The van der Waals surface area contributed by atoms with Crippen LogP contribution in [0.2, 0.25) is 5.02 Å². The molecule has 0 spiro atoms. The number of furan rings is 1. The number of thiocarbonyl (C=S) groups is 1. The van der Waals surface area contributed by atoms with Crippen molar-refractivity contribution in [2.24, 2.45) is 0 Å². The summed E-state index contributed by atoms with van der Waals surface area (Å²) in [5, 5.41) is 16.2. The first kappa shape index (κ1) is 21.8. The molecule has 30 heavy (non-hydrogen) atoms. The lowest BCUT2D eigenvalue weighted by Gasteiger charge is -2.06. The third-order valence-corrected chi connectivity index (χ3v) is 6.18. The highest BCUT2D eigenvalue weighted by atomic mass is 35.5. The third kappa shape index (κ3) is 4.97. The lowest BCUT2D eigenvalue weighted by atomic mass is 10.1. The van der Waals surface area contributed by atoms with Crippen molar-refractivity contribution in [1.82, 2.24) is 5.32 Å². The molecule has 0 atom stereocenters. The molecule has 0 fully saturated rings. The number of nitrogens with one attached hydrogen (secondary N) is 2. The van der Waals surface area contributed by atoms with Crippen LogP contribution >= 0.6 is 35.2 Å². The van der Waals surface area contributed by atoms with Gasteiger partial charge in [0.15, 0.2) is 5.11 Å². The van der Waals surface area contributed by atoms with Gasteiger partial charge in [-0.1, -0.05) is 23.7 Å². The van der Waals surface area contributed by atoms with Crippen molar-refractivity contribution >= 4 is 57.3 Å². The van der Waals surface area contributed by atoms with E-state index in [9.17, 15) is 10.1 Å². The monoisotopic (exact) mass is 455 g/mol. The Morgan fingerprint density at radius 1 is 1.27 bits per heavy atom. The molecule has 1 amide bonds. The van der Waals surface area contributed by atoms with E-state index in [1.807, 2.05) is 45.0 Å². The van der Waals surface area contributed by atoms with Crippen LogP contribution in [0, 0.1) is 32.1 Å². The molecule has 5 nitrogen and oxygen atoms in total. The zero-order valence-electron chi connectivity index (χ0n) is 16.5. The number of anilines is 1. The van der Waals surface area contributed by atoms with Crippen molar-refractivity contribution in [2.75, 3.05) is 5.32 Å². The number of nitrogens with zero attached hydrogens (tertiary/aromatic N) is 1. The SMILES string of the molecule is Cc1ccc(-c2ccc(/C=C/C(=O)NC(=S)Nc3sc(C)c(C)c3C#N)o2)cc1Cl. The van der Waals surface area contributed by atoms with E-state index in [-0.39, 0.29) is 5.11 Å². The second kappa shape index (κ2) is 9.26. The molecule has 0 aliphatic carbocycles. The molecule has 0 unspecified atom stereocenters. The Morgan fingerprint density at radius 2 is 2.03 bits per heavy atom. The number of benzene rings is 1. The fourth-order valence-corrected chi connectivity index (χ4v) is 4.10. The van der Waals surface area contributed by atoms with Gasteiger partial charge in [-0.05, 0) is 68.4 Å². The second-order valence-corrected chi connectivity index (χ2v) is 8.58. The highest BCUT2D eigenvalue weighted by Gasteiger charge is 2.14. The van der Waals surface area contributed by atoms with Crippen molar-refractivity contribution in [3.8, 4) is 17.4 Å². The zero-order chi connectivity index (χ0) is 21.8. The minimum atomic E-state index is -0.410. The lowest BCUT2D eigenvalue weighted by molar-refractivity contribution is -0.115. The van der Waals surface area contributed by atoms with Gasteiger partial charge in [0.25, 0.3) is 0 Å². The molecule has 1 aromatic carbocycles. The van der Waals surface area contributed by atoms with Gasteiger partial charge in [0.05, 0.1) is 5.56 Å². The van der Waals surface area contributed by atoms with Gasteiger partial charge < -0.3 is 9.73 Å². The van der Waals surface area contributed by atoms with Crippen LogP contribution in [0.25, 0.3) is 17.4 Å². The Morgan fingerprint density at radius 3 is 2.73 bits per heavy atom. The number of thiophene rings is 1. The molecule has 2 heterocycles. The standard InChI is InChI=1S/C22H18ClN3O2S2/c1-12-4-5-15(10-18(12)23)19-8-6-16(28-19)7-9-20(27)25-22(29)26-21-17(11-24)13(2)14(3)30-21/h4-10H,1-3H3,(H2,25,26,27,29)/b9-7+. The molecule has 0 aliphatic rings. The summed E-state index contributed by atoms with van der Waals surface area (Å²) in [7, 11) is 0. The van der Waals surface area contributed by atoms with Gasteiger partial charge in [-0.3, -0.25) is 10.1 Å². The molecule has 8 heteroatoms. The largest absolute Gasteiger partial charge is 0.457 e. The van der Waals surface area contributed by atoms with Crippen molar-refractivity contribution in [3.63, 3.8) is 0 Å². The number of nitriles is 1. The van der Waals surface area contributed by atoms with Gasteiger partial charge in [-0.15, -0.1) is 11.3 Å². The average Bonchev–Trinajstić information content (AvgIpc) is 3.27. The Labute approximate surface area is 189 Å². The van der Waals surface area contributed by atoms with E-state index in [2.05, 4.69) is 16.7 Å². The molecule has 3 aromatic rings. The van der Waals surface area contributed by atoms with Gasteiger partial charge in [0, 0.05) is 21.5 Å². The Balaban J connectivity index is 1.62. The van der Waals surface area contributed by atoms with Gasteiger partial charge in [0.1, 0.15) is 22.6 Å². The van der Waals surface area contributed by atoms with Gasteiger partial charge in [-0.2, -0.15) is 5.26 Å². The molecule has 0 bridgehead atoms.